The highest BCUT2D eigenvalue weighted by Gasteiger charge is 2.35. The van der Waals surface area contributed by atoms with Crippen molar-refractivity contribution in [2.24, 2.45) is 0 Å². The SMILES string of the molecule is CC(C)(C)OC(=O)N(C(=O)OC(C)(C)C)c1ncnc2c1ncn2Cc1ccc(CBr)cc1. The van der Waals surface area contributed by atoms with Crippen molar-refractivity contribution >= 4 is 45.1 Å². The first-order valence-corrected chi connectivity index (χ1v) is 11.6. The van der Waals surface area contributed by atoms with Crippen LogP contribution in [0.15, 0.2) is 36.9 Å². The summed E-state index contributed by atoms with van der Waals surface area (Å²) in [5.74, 6) is -0.00288. The van der Waals surface area contributed by atoms with Gasteiger partial charge in [0, 0.05) is 5.33 Å². The van der Waals surface area contributed by atoms with Gasteiger partial charge >= 0.3 is 12.2 Å². The fraction of sp³-hybridized carbons (Fsp3) is 0.435. The van der Waals surface area contributed by atoms with E-state index in [0.29, 0.717) is 12.2 Å². The van der Waals surface area contributed by atoms with Gasteiger partial charge in [-0.25, -0.2) is 24.5 Å². The Hall–Kier alpha value is -3.01. The fourth-order valence-corrected chi connectivity index (χ4v) is 3.31. The van der Waals surface area contributed by atoms with Crippen LogP contribution in [0, 0.1) is 0 Å². The molecular weight excluding hydrogens is 490 g/mol. The summed E-state index contributed by atoms with van der Waals surface area (Å²) in [7, 11) is 0. The Morgan fingerprint density at radius 2 is 1.45 bits per heavy atom. The molecule has 9 nitrogen and oxygen atoms in total. The van der Waals surface area contributed by atoms with Crippen LogP contribution in [0.2, 0.25) is 0 Å². The van der Waals surface area contributed by atoms with Crippen molar-refractivity contribution in [1.82, 2.24) is 19.5 Å². The second-order valence-corrected chi connectivity index (χ2v) is 10.0. The number of fused-ring (bicyclic) bond motifs is 1. The number of imidazole rings is 1. The van der Waals surface area contributed by atoms with Crippen LogP contribution in [-0.2, 0) is 21.3 Å². The predicted octanol–water partition coefficient (Wildman–Crippen LogP) is 5.45. The number of rotatable bonds is 4. The summed E-state index contributed by atoms with van der Waals surface area (Å²) in [6.07, 6.45) is 1.07. The molecule has 0 radical (unpaired) electrons. The van der Waals surface area contributed by atoms with Crippen LogP contribution in [0.1, 0.15) is 52.7 Å². The lowest BCUT2D eigenvalue weighted by molar-refractivity contribution is 0.0429. The van der Waals surface area contributed by atoms with Gasteiger partial charge in [-0.15, -0.1) is 0 Å². The standard InChI is InChI=1S/C23H28BrN5O4/c1-22(2,3)32-20(30)29(21(31)33-23(4,5)6)19-17-18(25-13-26-19)28(14-27-17)12-16-9-7-15(11-24)8-10-16/h7-10,13-14H,11-12H2,1-6H3. The average molecular weight is 518 g/mol. The van der Waals surface area contributed by atoms with E-state index in [1.54, 1.807) is 47.9 Å². The maximum atomic E-state index is 13.0. The zero-order valence-corrected chi connectivity index (χ0v) is 21.2. The molecule has 33 heavy (non-hydrogen) atoms. The number of anilines is 1. The Balaban J connectivity index is 2.02. The van der Waals surface area contributed by atoms with E-state index in [9.17, 15) is 9.59 Å². The highest BCUT2D eigenvalue weighted by Crippen LogP contribution is 2.26. The monoisotopic (exact) mass is 517 g/mol. The molecule has 0 spiro atoms. The molecule has 0 saturated carbocycles. The van der Waals surface area contributed by atoms with Crippen LogP contribution in [0.25, 0.3) is 11.2 Å². The third kappa shape index (κ3) is 6.28. The Kier molecular flexibility index (Phi) is 7.06. The molecule has 176 valence electrons. The summed E-state index contributed by atoms with van der Waals surface area (Å²) >= 11 is 3.44. The van der Waals surface area contributed by atoms with Gasteiger partial charge in [0.1, 0.15) is 17.5 Å². The molecule has 2 amide bonds. The first-order chi connectivity index (χ1) is 15.4. The molecule has 0 fully saturated rings. The average Bonchev–Trinajstić information content (AvgIpc) is 3.10. The third-order valence-corrected chi connectivity index (χ3v) is 4.92. The van der Waals surface area contributed by atoms with E-state index in [2.05, 4.69) is 30.9 Å². The van der Waals surface area contributed by atoms with E-state index >= 15 is 0 Å². The number of nitrogens with zero attached hydrogens (tertiary/aromatic N) is 5. The molecule has 10 heteroatoms. The molecule has 2 heterocycles. The van der Waals surface area contributed by atoms with Crippen LogP contribution in [0.5, 0.6) is 0 Å². The second-order valence-electron chi connectivity index (χ2n) is 9.49. The number of amides is 2. The van der Waals surface area contributed by atoms with Crippen molar-refractivity contribution < 1.29 is 19.1 Å². The van der Waals surface area contributed by atoms with E-state index < -0.39 is 23.4 Å². The summed E-state index contributed by atoms with van der Waals surface area (Å²) in [6, 6.07) is 8.13. The zero-order valence-electron chi connectivity index (χ0n) is 19.6. The molecule has 2 aromatic heterocycles. The maximum Gasteiger partial charge on any atom is 0.425 e. The van der Waals surface area contributed by atoms with E-state index in [0.717, 1.165) is 15.8 Å². The number of aromatic nitrogens is 4. The third-order valence-electron chi connectivity index (χ3n) is 4.28. The van der Waals surface area contributed by atoms with E-state index in [-0.39, 0.29) is 11.3 Å². The van der Waals surface area contributed by atoms with Gasteiger partial charge in [0.25, 0.3) is 0 Å². The minimum Gasteiger partial charge on any atom is -0.443 e. The minimum atomic E-state index is -0.906. The van der Waals surface area contributed by atoms with Gasteiger partial charge in [0.15, 0.2) is 17.0 Å². The zero-order chi connectivity index (χ0) is 24.4. The molecule has 0 unspecified atom stereocenters. The summed E-state index contributed by atoms with van der Waals surface area (Å²) in [5.41, 5.74) is 1.32. The molecular formula is C23H28BrN5O4. The lowest BCUT2D eigenvalue weighted by atomic mass is 10.1. The second kappa shape index (κ2) is 9.46. The number of hydrogen-bond donors (Lipinski definition) is 0. The van der Waals surface area contributed by atoms with Gasteiger partial charge in [-0.1, -0.05) is 40.2 Å². The topological polar surface area (TPSA) is 99.4 Å². The predicted molar refractivity (Wildman–Crippen MR) is 128 cm³/mol. The number of carbonyl (C=O) groups excluding carboxylic acids is 2. The van der Waals surface area contributed by atoms with Crippen molar-refractivity contribution in [3.8, 4) is 0 Å². The number of hydrogen-bond acceptors (Lipinski definition) is 7. The lowest BCUT2D eigenvalue weighted by Gasteiger charge is -2.28. The minimum absolute atomic E-state index is 0.00288. The van der Waals surface area contributed by atoms with Crippen LogP contribution >= 0.6 is 15.9 Å². The van der Waals surface area contributed by atoms with Gasteiger partial charge in [0.2, 0.25) is 0 Å². The summed E-state index contributed by atoms with van der Waals surface area (Å²) in [6.45, 7) is 10.8. The Morgan fingerprint density at radius 3 is 1.97 bits per heavy atom. The molecule has 0 aliphatic heterocycles. The maximum absolute atomic E-state index is 13.0. The van der Waals surface area contributed by atoms with Crippen LogP contribution in [-0.4, -0.2) is 42.9 Å². The smallest absolute Gasteiger partial charge is 0.425 e. The lowest BCUT2D eigenvalue weighted by Crippen LogP contribution is -2.44. The first kappa shape index (κ1) is 24.6. The summed E-state index contributed by atoms with van der Waals surface area (Å²) in [5, 5.41) is 0.781. The molecule has 0 aliphatic carbocycles. The molecule has 1 aromatic carbocycles. The molecule has 0 N–H and O–H groups in total. The van der Waals surface area contributed by atoms with Crippen LogP contribution in [0.4, 0.5) is 15.4 Å². The van der Waals surface area contributed by atoms with Crippen molar-refractivity contribution in [3.05, 3.63) is 48.0 Å². The Morgan fingerprint density at radius 1 is 0.909 bits per heavy atom. The van der Waals surface area contributed by atoms with E-state index in [1.807, 2.05) is 28.8 Å². The normalized spacial score (nSPS) is 12.0. The highest BCUT2D eigenvalue weighted by atomic mass is 79.9. The number of alkyl halides is 1. The van der Waals surface area contributed by atoms with Crippen molar-refractivity contribution in [3.63, 3.8) is 0 Å². The molecule has 0 saturated heterocycles. The first-order valence-electron chi connectivity index (χ1n) is 10.4. The van der Waals surface area contributed by atoms with Crippen molar-refractivity contribution in [2.45, 2.75) is 64.6 Å². The van der Waals surface area contributed by atoms with Crippen LogP contribution in [0.3, 0.4) is 0 Å². The number of ether oxygens (including phenoxy) is 2. The Labute approximate surface area is 201 Å². The number of imide groups is 1. The fourth-order valence-electron chi connectivity index (χ4n) is 2.94. The Bertz CT molecular complexity index is 1120. The molecule has 0 atom stereocenters. The quantitative estimate of drug-likeness (QED) is 0.424. The van der Waals surface area contributed by atoms with Gasteiger partial charge < -0.3 is 14.0 Å². The van der Waals surface area contributed by atoms with Crippen LogP contribution < -0.4 is 4.90 Å². The molecule has 0 aliphatic rings. The van der Waals surface area contributed by atoms with Gasteiger partial charge in [-0.05, 0) is 52.7 Å². The number of carbonyl (C=O) groups is 2. The summed E-state index contributed by atoms with van der Waals surface area (Å²) in [4.78, 5) is 39.7. The van der Waals surface area contributed by atoms with Crippen molar-refractivity contribution in [1.29, 1.82) is 0 Å². The van der Waals surface area contributed by atoms with Gasteiger partial charge in [-0.3, -0.25) is 0 Å². The molecule has 3 aromatic rings. The van der Waals surface area contributed by atoms with Gasteiger partial charge in [-0.2, -0.15) is 4.90 Å². The summed E-state index contributed by atoms with van der Waals surface area (Å²) < 4.78 is 12.7. The molecule has 3 rings (SSSR count). The largest absolute Gasteiger partial charge is 0.443 e. The highest BCUT2D eigenvalue weighted by molar-refractivity contribution is 9.08. The van der Waals surface area contributed by atoms with Gasteiger partial charge in [0.05, 0.1) is 12.9 Å². The molecule has 0 bridgehead atoms. The van der Waals surface area contributed by atoms with E-state index in [1.165, 1.54) is 11.9 Å². The van der Waals surface area contributed by atoms with Crippen molar-refractivity contribution in [2.75, 3.05) is 4.90 Å². The number of halogens is 1. The number of benzene rings is 1. The van der Waals surface area contributed by atoms with E-state index in [4.69, 9.17) is 9.47 Å².